The van der Waals surface area contributed by atoms with Crippen molar-refractivity contribution < 1.29 is 58.1 Å². The van der Waals surface area contributed by atoms with Crippen molar-refractivity contribution in [2.24, 2.45) is 11.5 Å². The maximum atomic E-state index is 12.4. The molecule has 0 rings (SSSR count). The molecule has 49 heavy (non-hydrogen) atoms. The van der Waals surface area contributed by atoms with E-state index in [9.17, 15) is 19.5 Å². The van der Waals surface area contributed by atoms with E-state index in [1.165, 1.54) is 0 Å². The number of aliphatic hydroxyl groups excluding tert-OH is 2. The molecular weight excluding hydrogens is 650 g/mol. The Hall–Kier alpha value is -2.11. The van der Waals surface area contributed by atoms with Crippen LogP contribution in [0.1, 0.15) is 0 Å². The molecule has 290 valence electrons. The number of hydrogen-bond donors (Lipinski definition) is 7. The molecule has 0 fully saturated rings. The molecule has 0 aromatic carbocycles. The average Bonchev–Trinajstić information content (AvgIpc) is 3.07. The summed E-state index contributed by atoms with van der Waals surface area (Å²) in [5.74, 6) is -1.34. The van der Waals surface area contributed by atoms with Gasteiger partial charge in [-0.15, -0.1) is 0 Å². The number of carboxylic acid groups (broad SMARTS) is 1. The first-order valence-corrected chi connectivity index (χ1v) is 16.9. The predicted molar refractivity (Wildman–Crippen MR) is 180 cm³/mol. The van der Waals surface area contributed by atoms with Crippen molar-refractivity contribution in [1.29, 1.82) is 0 Å². The van der Waals surface area contributed by atoms with Crippen LogP contribution in [0.3, 0.4) is 0 Å². The van der Waals surface area contributed by atoms with Gasteiger partial charge in [-0.2, -0.15) is 0 Å². The highest BCUT2D eigenvalue weighted by Gasteiger charge is 2.13. The van der Waals surface area contributed by atoms with Crippen molar-refractivity contribution in [1.82, 2.24) is 25.3 Å². The van der Waals surface area contributed by atoms with Gasteiger partial charge in [0.15, 0.2) is 0 Å². The summed E-state index contributed by atoms with van der Waals surface area (Å²) in [7, 11) is 0. The average molecular weight is 714 g/mol. The molecule has 0 aliphatic rings. The molecule has 0 heterocycles. The molecule has 9 N–H and O–H groups in total. The minimum atomic E-state index is -0.973. The molecule has 19 nitrogen and oxygen atoms in total. The third-order valence-electron chi connectivity index (χ3n) is 6.54. The summed E-state index contributed by atoms with van der Waals surface area (Å²) >= 11 is 0. The van der Waals surface area contributed by atoms with Crippen LogP contribution in [0.15, 0.2) is 0 Å². The number of amides is 2. The Morgan fingerprint density at radius 3 is 1.08 bits per heavy atom. The summed E-state index contributed by atoms with van der Waals surface area (Å²) in [4.78, 5) is 41.6. The summed E-state index contributed by atoms with van der Waals surface area (Å²) in [5, 5.41) is 32.6. The smallest absolute Gasteiger partial charge is 0.317 e. The second kappa shape index (κ2) is 35.7. The van der Waals surface area contributed by atoms with Gasteiger partial charge < -0.3 is 65.8 Å². The second-order valence-corrected chi connectivity index (χ2v) is 10.6. The molecule has 0 radical (unpaired) electrons. The lowest BCUT2D eigenvalue weighted by Gasteiger charge is -2.22. The molecule has 2 amide bonds. The molecule has 0 atom stereocenters. The van der Waals surface area contributed by atoms with Crippen LogP contribution >= 0.6 is 0 Å². The first kappa shape index (κ1) is 46.9. The lowest BCUT2D eigenvalue weighted by Crippen LogP contribution is -2.42. The number of ether oxygens (including phenoxy) is 6. The van der Waals surface area contributed by atoms with Gasteiger partial charge in [0.25, 0.3) is 0 Å². The SMILES string of the molecule is NCCOCCN(CCOCCO)CC(=O)NCCOCCN(CCOCCNC(=O)CN(CCOCCN)CCOCCO)CC(=O)O. The number of nitrogens with two attached hydrogens (primary N) is 2. The fourth-order valence-corrected chi connectivity index (χ4v) is 4.11. The molecule has 0 aliphatic carbocycles. The number of carboxylic acids is 1. The summed E-state index contributed by atoms with van der Waals surface area (Å²) in [6.45, 7) is 8.19. The minimum Gasteiger partial charge on any atom is -0.480 e. The lowest BCUT2D eigenvalue weighted by atomic mass is 10.4. The van der Waals surface area contributed by atoms with Crippen LogP contribution in [0.4, 0.5) is 0 Å². The molecule has 19 heteroatoms. The number of carbonyl (C=O) groups is 3. The number of nitrogens with zero attached hydrogens (tertiary/aromatic N) is 3. The number of hydrogen-bond acceptors (Lipinski definition) is 16. The predicted octanol–water partition coefficient (Wildman–Crippen LogP) is -4.79. The maximum Gasteiger partial charge on any atom is 0.317 e. The topological polar surface area (TPSA) is 253 Å². The highest BCUT2D eigenvalue weighted by molar-refractivity contribution is 5.78. The lowest BCUT2D eigenvalue weighted by molar-refractivity contribution is -0.138. The zero-order valence-electron chi connectivity index (χ0n) is 29.1. The normalized spacial score (nSPS) is 11.6. The van der Waals surface area contributed by atoms with Gasteiger partial charge in [0.2, 0.25) is 11.8 Å². The first-order valence-electron chi connectivity index (χ1n) is 16.9. The van der Waals surface area contributed by atoms with E-state index in [2.05, 4.69) is 10.6 Å². The van der Waals surface area contributed by atoms with Crippen molar-refractivity contribution in [3.05, 3.63) is 0 Å². The Morgan fingerprint density at radius 1 is 0.469 bits per heavy atom. The molecule has 0 saturated heterocycles. The van der Waals surface area contributed by atoms with Gasteiger partial charge in [0, 0.05) is 65.4 Å². The zero-order chi connectivity index (χ0) is 36.2. The summed E-state index contributed by atoms with van der Waals surface area (Å²) < 4.78 is 32.6. The van der Waals surface area contributed by atoms with Crippen LogP contribution in [0, 0.1) is 0 Å². The fraction of sp³-hybridized carbons (Fsp3) is 0.900. The first-order chi connectivity index (χ1) is 23.9. The van der Waals surface area contributed by atoms with E-state index in [0.717, 1.165) is 0 Å². The van der Waals surface area contributed by atoms with E-state index < -0.39 is 5.97 Å². The third-order valence-corrected chi connectivity index (χ3v) is 6.54. The van der Waals surface area contributed by atoms with Crippen LogP contribution in [0.2, 0.25) is 0 Å². The molecule has 0 aliphatic heterocycles. The van der Waals surface area contributed by atoms with Crippen molar-refractivity contribution in [2.75, 3.05) is 178 Å². The molecular formula is C30H63N7O12. The van der Waals surface area contributed by atoms with Crippen LogP contribution in [0.25, 0.3) is 0 Å². The monoisotopic (exact) mass is 713 g/mol. The highest BCUT2D eigenvalue weighted by atomic mass is 16.5. The summed E-state index contributed by atoms with van der Waals surface area (Å²) in [6, 6.07) is 0. The van der Waals surface area contributed by atoms with E-state index in [1.54, 1.807) is 4.90 Å². The quantitative estimate of drug-likeness (QED) is 0.0297. The fourth-order valence-electron chi connectivity index (χ4n) is 4.11. The Balaban J connectivity index is 4.26. The van der Waals surface area contributed by atoms with Crippen LogP contribution < -0.4 is 22.1 Å². The Labute approximate surface area is 290 Å². The van der Waals surface area contributed by atoms with Gasteiger partial charge in [0.1, 0.15) is 0 Å². The van der Waals surface area contributed by atoms with Crippen LogP contribution in [-0.4, -0.2) is 225 Å². The highest BCUT2D eigenvalue weighted by Crippen LogP contribution is 1.94. The van der Waals surface area contributed by atoms with E-state index in [0.29, 0.717) is 105 Å². The largest absolute Gasteiger partial charge is 0.480 e. The number of carbonyl (C=O) groups excluding carboxylic acids is 2. The minimum absolute atomic E-state index is 0.0669. The van der Waals surface area contributed by atoms with Crippen molar-refractivity contribution in [2.45, 2.75) is 0 Å². The zero-order valence-corrected chi connectivity index (χ0v) is 29.1. The van der Waals surface area contributed by atoms with E-state index in [4.69, 9.17) is 50.1 Å². The Bertz CT molecular complexity index is 714. The third kappa shape index (κ3) is 32.8. The number of aliphatic hydroxyl groups is 2. The maximum absolute atomic E-state index is 12.4. The van der Waals surface area contributed by atoms with Gasteiger partial charge in [0.05, 0.1) is 112 Å². The molecule has 0 bridgehead atoms. The van der Waals surface area contributed by atoms with Gasteiger partial charge in [-0.25, -0.2) is 0 Å². The van der Waals surface area contributed by atoms with E-state index in [-0.39, 0.29) is 84.3 Å². The molecule has 0 unspecified atom stereocenters. The summed E-state index contributed by atoms with van der Waals surface area (Å²) in [5.41, 5.74) is 10.9. The van der Waals surface area contributed by atoms with Crippen molar-refractivity contribution in [3.63, 3.8) is 0 Å². The number of rotatable bonds is 38. The summed E-state index contributed by atoms with van der Waals surface area (Å²) in [6.07, 6.45) is 0. The number of nitrogens with one attached hydrogen (secondary N) is 2. The van der Waals surface area contributed by atoms with Gasteiger partial charge >= 0.3 is 5.97 Å². The molecule has 0 saturated carbocycles. The standard InChI is InChI=1S/C30H63N7O12/c31-1-13-44-17-5-35(7-21-48-23-11-38)25-28(40)33-3-15-46-19-9-37(27-30(42)43)10-20-47-16-4-34-29(41)26-36(6-18-45-14-2-32)8-22-49-24-12-39/h38-39H,1-27,31-32H2,(H,33,40)(H,34,41)(H,42,43). The molecule has 0 spiro atoms. The van der Waals surface area contributed by atoms with Gasteiger partial charge in [-0.3, -0.25) is 29.1 Å². The van der Waals surface area contributed by atoms with Crippen LogP contribution in [-0.2, 0) is 42.8 Å². The second-order valence-electron chi connectivity index (χ2n) is 10.6. The van der Waals surface area contributed by atoms with Crippen molar-refractivity contribution in [3.8, 4) is 0 Å². The Morgan fingerprint density at radius 2 is 0.776 bits per heavy atom. The van der Waals surface area contributed by atoms with Gasteiger partial charge in [-0.1, -0.05) is 0 Å². The van der Waals surface area contributed by atoms with E-state index in [1.807, 2.05) is 9.80 Å². The van der Waals surface area contributed by atoms with E-state index >= 15 is 0 Å². The van der Waals surface area contributed by atoms with Crippen molar-refractivity contribution >= 4 is 17.8 Å². The number of aliphatic carboxylic acids is 1. The molecule has 0 aromatic heterocycles. The molecule has 0 aromatic rings. The Kier molecular flexibility index (Phi) is 34.2. The van der Waals surface area contributed by atoms with Gasteiger partial charge in [-0.05, 0) is 0 Å². The van der Waals surface area contributed by atoms with Crippen LogP contribution in [0.5, 0.6) is 0 Å².